The lowest BCUT2D eigenvalue weighted by molar-refractivity contribution is 0.176. The molecule has 1 atom stereocenters. The van der Waals surface area contributed by atoms with Gasteiger partial charge in [0.1, 0.15) is 0 Å². The van der Waals surface area contributed by atoms with Crippen molar-refractivity contribution in [1.82, 2.24) is 9.78 Å². The van der Waals surface area contributed by atoms with Crippen molar-refractivity contribution >= 4 is 11.6 Å². The van der Waals surface area contributed by atoms with E-state index in [9.17, 15) is 5.11 Å². The summed E-state index contributed by atoms with van der Waals surface area (Å²) in [5.74, 6) is 0. The average molecular weight is 307 g/mol. The second kappa shape index (κ2) is 5.82. The molecule has 1 heterocycles. The van der Waals surface area contributed by atoms with Crippen molar-refractivity contribution in [3.8, 4) is 0 Å². The Morgan fingerprint density at radius 1 is 1.24 bits per heavy atom. The Hall–Kier alpha value is -1.32. The van der Waals surface area contributed by atoms with E-state index in [0.29, 0.717) is 11.4 Å². The standard InChI is InChI=1S/C17H23ClN2O/c1-11-16(18)14(20(5)19-11)10-15(21)12-6-8-13(9-7-12)17(2,3)4/h6-9,15,21H,10H2,1-5H3. The van der Waals surface area contributed by atoms with Crippen LogP contribution in [-0.4, -0.2) is 14.9 Å². The first-order valence-electron chi connectivity index (χ1n) is 7.16. The number of rotatable bonds is 3. The van der Waals surface area contributed by atoms with Crippen molar-refractivity contribution in [2.75, 3.05) is 0 Å². The molecule has 1 aromatic heterocycles. The van der Waals surface area contributed by atoms with Crippen LogP contribution in [0.15, 0.2) is 24.3 Å². The molecule has 21 heavy (non-hydrogen) atoms. The summed E-state index contributed by atoms with van der Waals surface area (Å²) in [6.07, 6.45) is -0.114. The van der Waals surface area contributed by atoms with Crippen LogP contribution in [0.5, 0.6) is 0 Å². The van der Waals surface area contributed by atoms with Crippen LogP contribution in [0.2, 0.25) is 5.02 Å². The first-order valence-corrected chi connectivity index (χ1v) is 7.54. The molecule has 0 radical (unpaired) electrons. The highest BCUT2D eigenvalue weighted by atomic mass is 35.5. The van der Waals surface area contributed by atoms with Crippen molar-refractivity contribution in [3.63, 3.8) is 0 Å². The highest BCUT2D eigenvalue weighted by Crippen LogP contribution is 2.27. The van der Waals surface area contributed by atoms with E-state index in [0.717, 1.165) is 17.0 Å². The highest BCUT2D eigenvalue weighted by molar-refractivity contribution is 6.31. The molecule has 0 saturated carbocycles. The maximum absolute atomic E-state index is 10.4. The minimum Gasteiger partial charge on any atom is -0.388 e. The molecular formula is C17H23ClN2O. The van der Waals surface area contributed by atoms with E-state index < -0.39 is 6.10 Å². The number of aliphatic hydroxyl groups excluding tert-OH is 1. The summed E-state index contributed by atoms with van der Waals surface area (Å²) < 4.78 is 1.74. The second-order valence-corrected chi connectivity index (χ2v) is 6.94. The smallest absolute Gasteiger partial charge is 0.0848 e. The van der Waals surface area contributed by atoms with Gasteiger partial charge in [-0.1, -0.05) is 56.6 Å². The summed E-state index contributed by atoms with van der Waals surface area (Å²) in [5, 5.41) is 15.3. The Morgan fingerprint density at radius 2 is 1.81 bits per heavy atom. The molecule has 114 valence electrons. The molecule has 4 heteroatoms. The van der Waals surface area contributed by atoms with Gasteiger partial charge in [-0.3, -0.25) is 4.68 Å². The van der Waals surface area contributed by atoms with Crippen molar-refractivity contribution in [3.05, 3.63) is 51.8 Å². The van der Waals surface area contributed by atoms with E-state index in [2.05, 4.69) is 38.0 Å². The molecule has 0 aliphatic heterocycles. The number of hydrogen-bond donors (Lipinski definition) is 1. The molecule has 0 aliphatic carbocycles. The van der Waals surface area contributed by atoms with Gasteiger partial charge in [0, 0.05) is 13.5 Å². The van der Waals surface area contributed by atoms with E-state index in [-0.39, 0.29) is 5.41 Å². The lowest BCUT2D eigenvalue weighted by Crippen LogP contribution is -2.11. The molecule has 0 fully saturated rings. The van der Waals surface area contributed by atoms with Gasteiger partial charge in [0.25, 0.3) is 0 Å². The van der Waals surface area contributed by atoms with Gasteiger partial charge in [-0.05, 0) is 23.5 Å². The zero-order chi connectivity index (χ0) is 15.8. The zero-order valence-corrected chi connectivity index (χ0v) is 14.1. The normalized spacial score (nSPS) is 13.5. The average Bonchev–Trinajstić information content (AvgIpc) is 2.64. The summed E-state index contributed by atoms with van der Waals surface area (Å²) in [5.41, 5.74) is 3.93. The molecule has 0 saturated heterocycles. The van der Waals surface area contributed by atoms with Crippen LogP contribution in [0.25, 0.3) is 0 Å². The Morgan fingerprint density at radius 3 is 2.24 bits per heavy atom. The van der Waals surface area contributed by atoms with E-state index in [1.165, 1.54) is 5.56 Å². The molecule has 2 aromatic rings. The minimum absolute atomic E-state index is 0.117. The van der Waals surface area contributed by atoms with Crippen molar-refractivity contribution in [2.24, 2.45) is 7.05 Å². The van der Waals surface area contributed by atoms with Crippen LogP contribution in [0.4, 0.5) is 0 Å². The lowest BCUT2D eigenvalue weighted by Gasteiger charge is -2.20. The number of aryl methyl sites for hydroxylation is 2. The summed E-state index contributed by atoms with van der Waals surface area (Å²) >= 11 is 6.24. The van der Waals surface area contributed by atoms with Gasteiger partial charge >= 0.3 is 0 Å². The largest absolute Gasteiger partial charge is 0.388 e. The lowest BCUT2D eigenvalue weighted by atomic mass is 9.86. The summed E-state index contributed by atoms with van der Waals surface area (Å²) in [4.78, 5) is 0. The molecule has 2 rings (SSSR count). The first kappa shape index (κ1) is 16.1. The quantitative estimate of drug-likeness (QED) is 0.932. The Labute approximate surface area is 131 Å². The zero-order valence-electron chi connectivity index (χ0n) is 13.3. The summed E-state index contributed by atoms with van der Waals surface area (Å²) in [6.45, 7) is 8.40. The van der Waals surface area contributed by atoms with E-state index in [4.69, 9.17) is 11.6 Å². The van der Waals surface area contributed by atoms with Crippen LogP contribution in [-0.2, 0) is 18.9 Å². The van der Waals surface area contributed by atoms with Crippen LogP contribution < -0.4 is 0 Å². The molecule has 0 bridgehead atoms. The highest BCUT2D eigenvalue weighted by Gasteiger charge is 2.18. The fourth-order valence-corrected chi connectivity index (χ4v) is 2.65. The van der Waals surface area contributed by atoms with Crippen LogP contribution in [0.3, 0.4) is 0 Å². The third kappa shape index (κ3) is 3.47. The van der Waals surface area contributed by atoms with Crippen molar-refractivity contribution in [2.45, 2.75) is 45.6 Å². The monoisotopic (exact) mass is 306 g/mol. The predicted octanol–water partition coefficient (Wildman–Crippen LogP) is 3.96. The Bertz CT molecular complexity index is 623. The molecule has 1 unspecified atom stereocenters. The minimum atomic E-state index is -0.577. The number of hydrogen-bond acceptors (Lipinski definition) is 2. The maximum Gasteiger partial charge on any atom is 0.0848 e. The van der Waals surface area contributed by atoms with Crippen LogP contribution in [0.1, 0.15) is 49.4 Å². The third-order valence-corrected chi connectivity index (χ3v) is 4.30. The number of nitrogens with zero attached hydrogens (tertiary/aromatic N) is 2. The third-order valence-electron chi connectivity index (χ3n) is 3.81. The van der Waals surface area contributed by atoms with Crippen molar-refractivity contribution in [1.29, 1.82) is 0 Å². The molecule has 1 N–H and O–H groups in total. The van der Waals surface area contributed by atoms with Crippen molar-refractivity contribution < 1.29 is 5.11 Å². The van der Waals surface area contributed by atoms with Gasteiger partial charge in [0.05, 0.1) is 22.5 Å². The number of aromatic nitrogens is 2. The van der Waals surface area contributed by atoms with E-state index in [1.807, 2.05) is 26.1 Å². The summed E-state index contributed by atoms with van der Waals surface area (Å²) in [7, 11) is 1.85. The molecular weight excluding hydrogens is 284 g/mol. The topological polar surface area (TPSA) is 38.0 Å². The number of aliphatic hydroxyl groups is 1. The molecule has 0 spiro atoms. The van der Waals surface area contributed by atoms with Gasteiger partial charge in [-0.2, -0.15) is 5.10 Å². The maximum atomic E-state index is 10.4. The SMILES string of the molecule is Cc1nn(C)c(CC(O)c2ccc(C(C)(C)C)cc2)c1Cl. The van der Waals surface area contributed by atoms with Gasteiger partial charge in [0.15, 0.2) is 0 Å². The summed E-state index contributed by atoms with van der Waals surface area (Å²) in [6, 6.07) is 8.13. The molecule has 1 aromatic carbocycles. The van der Waals surface area contributed by atoms with Gasteiger partial charge in [-0.15, -0.1) is 0 Å². The van der Waals surface area contributed by atoms with Crippen LogP contribution >= 0.6 is 11.6 Å². The van der Waals surface area contributed by atoms with Gasteiger partial charge in [-0.25, -0.2) is 0 Å². The fraction of sp³-hybridized carbons (Fsp3) is 0.471. The fourth-order valence-electron chi connectivity index (χ4n) is 2.41. The Kier molecular flexibility index (Phi) is 4.45. The second-order valence-electron chi connectivity index (χ2n) is 6.56. The van der Waals surface area contributed by atoms with Gasteiger partial charge in [0.2, 0.25) is 0 Å². The number of benzene rings is 1. The number of halogens is 1. The molecule has 3 nitrogen and oxygen atoms in total. The van der Waals surface area contributed by atoms with E-state index in [1.54, 1.807) is 4.68 Å². The molecule has 0 amide bonds. The van der Waals surface area contributed by atoms with E-state index >= 15 is 0 Å². The molecule has 0 aliphatic rings. The first-order chi connectivity index (χ1) is 9.70. The van der Waals surface area contributed by atoms with Gasteiger partial charge < -0.3 is 5.11 Å². The predicted molar refractivity (Wildman–Crippen MR) is 86.8 cm³/mol. The van der Waals surface area contributed by atoms with Crippen LogP contribution in [0, 0.1) is 6.92 Å². The Balaban J connectivity index is 2.19.